The van der Waals surface area contributed by atoms with Crippen LogP contribution in [0.4, 0.5) is 4.79 Å². The summed E-state index contributed by atoms with van der Waals surface area (Å²) in [5.74, 6) is -0.178. The van der Waals surface area contributed by atoms with Crippen LogP contribution in [0.25, 0.3) is 0 Å². The zero-order chi connectivity index (χ0) is 14.5. The summed E-state index contributed by atoms with van der Waals surface area (Å²) in [4.78, 5) is 18.9. The summed E-state index contributed by atoms with van der Waals surface area (Å²) < 4.78 is 0. The van der Waals surface area contributed by atoms with Crippen LogP contribution >= 0.6 is 0 Å². The molecule has 1 aromatic heterocycles. The van der Waals surface area contributed by atoms with Crippen LogP contribution in [0, 0.1) is 0 Å². The van der Waals surface area contributed by atoms with Crippen LogP contribution in [0.1, 0.15) is 38.3 Å². The van der Waals surface area contributed by atoms with Gasteiger partial charge in [0.25, 0.3) is 0 Å². The third kappa shape index (κ3) is 4.15. The third-order valence-corrected chi connectivity index (χ3v) is 2.98. The average molecular weight is 269 g/mol. The van der Waals surface area contributed by atoms with E-state index in [1.807, 2.05) is 0 Å². The normalized spacial score (nSPS) is 13.1. The number of hydrogen-bond acceptors (Lipinski definition) is 5. The van der Waals surface area contributed by atoms with Crippen molar-refractivity contribution in [2.75, 3.05) is 6.61 Å². The van der Waals surface area contributed by atoms with E-state index < -0.39 is 11.6 Å². The van der Waals surface area contributed by atoms with Gasteiger partial charge in [0.1, 0.15) is 0 Å². The molecule has 7 heteroatoms. The van der Waals surface area contributed by atoms with Gasteiger partial charge in [0.15, 0.2) is 0 Å². The molecule has 1 heterocycles. The average Bonchev–Trinajstić information content (AvgIpc) is 2.38. The second kappa shape index (κ2) is 6.44. The minimum Gasteiger partial charge on any atom is -0.463 e. The summed E-state index contributed by atoms with van der Waals surface area (Å²) in [6, 6.07) is 0. The highest BCUT2D eigenvalue weighted by atomic mass is 16.6. The summed E-state index contributed by atoms with van der Waals surface area (Å²) in [7, 11) is 0. The highest BCUT2D eigenvalue weighted by molar-refractivity contribution is 5.64. The van der Waals surface area contributed by atoms with Crippen molar-refractivity contribution in [1.82, 2.24) is 15.0 Å². The van der Waals surface area contributed by atoms with Crippen molar-refractivity contribution in [1.29, 1.82) is 0 Å². The summed E-state index contributed by atoms with van der Waals surface area (Å²) in [5, 5.41) is 27.8. The molecule has 0 aromatic carbocycles. The molecule has 0 saturated carbocycles. The topological polar surface area (TPSA) is 107 Å². The Balaban J connectivity index is 2.87. The number of nitrogens with zero attached hydrogens (tertiary/aromatic N) is 3. The van der Waals surface area contributed by atoms with E-state index in [2.05, 4.69) is 9.97 Å². The van der Waals surface area contributed by atoms with E-state index in [4.69, 9.17) is 10.2 Å². The lowest BCUT2D eigenvalue weighted by molar-refractivity contribution is -0.134. The molecule has 1 rings (SSSR count). The van der Waals surface area contributed by atoms with E-state index in [0.717, 1.165) is 0 Å². The molecule has 1 amide bonds. The highest BCUT2D eigenvalue weighted by Gasteiger charge is 2.33. The van der Waals surface area contributed by atoms with E-state index >= 15 is 0 Å². The Morgan fingerprint density at radius 3 is 2.63 bits per heavy atom. The summed E-state index contributed by atoms with van der Waals surface area (Å²) >= 11 is 0. The largest absolute Gasteiger partial charge is 0.463 e. The molecule has 0 fully saturated rings. The number of carbonyl (C=O) groups is 1. The molecule has 106 valence electrons. The first-order chi connectivity index (χ1) is 8.88. The van der Waals surface area contributed by atoms with Crippen molar-refractivity contribution in [3.8, 4) is 0 Å². The number of hydrogen-bond donors (Lipinski definition) is 3. The van der Waals surface area contributed by atoms with Crippen molar-refractivity contribution in [2.45, 2.75) is 38.1 Å². The molecule has 0 unspecified atom stereocenters. The molecule has 0 spiro atoms. The molecule has 7 nitrogen and oxygen atoms in total. The Bertz CT molecular complexity index is 411. The fourth-order valence-electron chi connectivity index (χ4n) is 1.98. The van der Waals surface area contributed by atoms with Crippen LogP contribution in [0.5, 0.6) is 0 Å². The van der Waals surface area contributed by atoms with Crippen LogP contribution in [-0.2, 0) is 0 Å². The van der Waals surface area contributed by atoms with Crippen LogP contribution in [0.15, 0.2) is 18.6 Å². The fourth-order valence-corrected chi connectivity index (χ4v) is 1.98. The van der Waals surface area contributed by atoms with E-state index in [0.29, 0.717) is 18.5 Å². The quantitative estimate of drug-likeness (QED) is 0.533. The van der Waals surface area contributed by atoms with Crippen molar-refractivity contribution >= 4 is 6.09 Å². The molecule has 0 saturated heterocycles. The standard InChI is InChI=1S/C12H19N3O4/c1-12(2,15(19)11(17)18)7-9(3-6-16)10-8-13-4-5-14-10/h4-5,8-9,16,19H,3,6-7H2,1-2H3,(H,17,18)/t9-/m1/s1. The molecule has 19 heavy (non-hydrogen) atoms. The number of aliphatic hydroxyl groups is 1. The first-order valence-electron chi connectivity index (χ1n) is 5.97. The van der Waals surface area contributed by atoms with Gasteiger partial charge in [-0.3, -0.25) is 15.2 Å². The third-order valence-electron chi connectivity index (χ3n) is 2.98. The zero-order valence-electron chi connectivity index (χ0n) is 11.0. The SMILES string of the molecule is CC(C)(C[C@@H](CCO)c1cnccn1)N(O)C(=O)O. The van der Waals surface area contributed by atoms with Gasteiger partial charge in [-0.15, -0.1) is 0 Å². The molecular weight excluding hydrogens is 250 g/mol. The first kappa shape index (κ1) is 15.3. The van der Waals surface area contributed by atoms with Crippen molar-refractivity contribution in [3.63, 3.8) is 0 Å². The van der Waals surface area contributed by atoms with Gasteiger partial charge < -0.3 is 10.2 Å². The van der Waals surface area contributed by atoms with Gasteiger partial charge in [0.05, 0.1) is 11.2 Å². The minimum absolute atomic E-state index is 0.0458. The fraction of sp³-hybridized carbons (Fsp3) is 0.583. The van der Waals surface area contributed by atoms with Crippen molar-refractivity contribution in [2.24, 2.45) is 0 Å². The predicted octanol–water partition coefficient (Wildman–Crippen LogP) is 1.48. The smallest absolute Gasteiger partial charge is 0.431 e. The lowest BCUT2D eigenvalue weighted by atomic mass is 9.86. The molecule has 3 N–H and O–H groups in total. The second-order valence-corrected chi connectivity index (χ2v) is 4.95. The van der Waals surface area contributed by atoms with Crippen LogP contribution < -0.4 is 0 Å². The number of rotatable bonds is 6. The molecule has 0 bridgehead atoms. The monoisotopic (exact) mass is 269 g/mol. The van der Waals surface area contributed by atoms with Gasteiger partial charge in [-0.1, -0.05) is 0 Å². The molecule has 1 aromatic rings. The van der Waals surface area contributed by atoms with E-state index in [9.17, 15) is 10.0 Å². The van der Waals surface area contributed by atoms with E-state index in [1.54, 1.807) is 32.4 Å². The number of aromatic nitrogens is 2. The van der Waals surface area contributed by atoms with E-state index in [-0.39, 0.29) is 17.6 Å². The Morgan fingerprint density at radius 1 is 1.47 bits per heavy atom. The van der Waals surface area contributed by atoms with Gasteiger partial charge >= 0.3 is 6.09 Å². The van der Waals surface area contributed by atoms with Gasteiger partial charge in [0, 0.05) is 31.1 Å². The predicted molar refractivity (Wildman–Crippen MR) is 66.8 cm³/mol. The maximum absolute atomic E-state index is 10.8. The second-order valence-electron chi connectivity index (χ2n) is 4.95. The molecule has 0 aliphatic heterocycles. The Labute approximate surface area is 111 Å². The van der Waals surface area contributed by atoms with E-state index in [1.165, 1.54) is 0 Å². The van der Waals surface area contributed by atoms with Gasteiger partial charge in [-0.2, -0.15) is 5.06 Å². The number of carboxylic acid groups (broad SMARTS) is 1. The van der Waals surface area contributed by atoms with Crippen molar-refractivity contribution < 1.29 is 20.2 Å². The zero-order valence-corrected chi connectivity index (χ0v) is 11.0. The number of hydroxylamine groups is 2. The Morgan fingerprint density at radius 2 is 2.16 bits per heavy atom. The van der Waals surface area contributed by atoms with Crippen LogP contribution in [-0.4, -0.2) is 48.7 Å². The molecular formula is C12H19N3O4. The number of amides is 1. The highest BCUT2D eigenvalue weighted by Crippen LogP contribution is 2.30. The maximum atomic E-state index is 10.8. The summed E-state index contributed by atoms with van der Waals surface area (Å²) in [6.07, 6.45) is 4.01. The lowest BCUT2D eigenvalue weighted by Gasteiger charge is -2.34. The van der Waals surface area contributed by atoms with Gasteiger partial charge in [-0.25, -0.2) is 4.79 Å². The molecule has 0 aliphatic rings. The van der Waals surface area contributed by atoms with Gasteiger partial charge in [0.2, 0.25) is 0 Å². The Kier molecular flexibility index (Phi) is 5.20. The van der Waals surface area contributed by atoms with Crippen LogP contribution in [0.2, 0.25) is 0 Å². The molecule has 0 aliphatic carbocycles. The summed E-state index contributed by atoms with van der Waals surface area (Å²) in [6.45, 7) is 3.18. The maximum Gasteiger partial charge on any atom is 0.431 e. The summed E-state index contributed by atoms with van der Waals surface area (Å²) in [5.41, 5.74) is -0.313. The number of aliphatic hydroxyl groups excluding tert-OH is 1. The first-order valence-corrected chi connectivity index (χ1v) is 5.97. The Hall–Kier alpha value is -1.73. The molecule has 1 atom stereocenters. The molecule has 0 radical (unpaired) electrons. The minimum atomic E-state index is -1.41. The lowest BCUT2D eigenvalue weighted by Crippen LogP contribution is -2.45. The van der Waals surface area contributed by atoms with Gasteiger partial charge in [-0.05, 0) is 26.7 Å². The van der Waals surface area contributed by atoms with Crippen molar-refractivity contribution in [3.05, 3.63) is 24.3 Å². The van der Waals surface area contributed by atoms with Crippen LogP contribution in [0.3, 0.4) is 0 Å².